The van der Waals surface area contributed by atoms with E-state index < -0.39 is 97.5 Å². The SMILES string of the molecule is CC/C=C\C/C=C\C/C=C\C/C=C\CCCCCCC(=O)OCC(COP(=O)(O)OCC(O)COP(=O)(O)OCC(COC(=O)CCCCCCCC/C=C\C/C=C\C/C=C\CCCCC)OC(=O)CCCCCC/C=C\C/C=C\C/C=C\C/C=C\CC)OC(=O)CCCCCC/C=C\C/C=C\C/C=C\C/C=C\CC. The number of aliphatic hydroxyl groups is 1. The first-order chi connectivity index (χ1) is 53.7. The summed E-state index contributed by atoms with van der Waals surface area (Å²) in [7, 11) is -10.0. The second kappa shape index (κ2) is 81.2. The Hall–Kier alpha value is -5.84. The van der Waals surface area contributed by atoms with Gasteiger partial charge in [0.25, 0.3) is 0 Å². The Labute approximate surface area is 666 Å². The molecule has 624 valence electrons. The number of esters is 4. The van der Waals surface area contributed by atoms with Gasteiger partial charge in [0.2, 0.25) is 0 Å². The van der Waals surface area contributed by atoms with Gasteiger partial charge in [-0.2, -0.15) is 0 Å². The van der Waals surface area contributed by atoms with Crippen LogP contribution in [-0.4, -0.2) is 96.7 Å². The molecule has 3 N–H and O–H groups in total. The molecule has 0 aliphatic carbocycles. The van der Waals surface area contributed by atoms with Gasteiger partial charge in [-0.25, -0.2) is 9.13 Å². The first-order valence-corrected chi connectivity index (χ1v) is 45.0. The van der Waals surface area contributed by atoms with Crippen LogP contribution in [0.25, 0.3) is 0 Å². The van der Waals surface area contributed by atoms with Crippen molar-refractivity contribution in [3.05, 3.63) is 182 Å². The normalized spacial score (nSPS) is 14.7. The number of hydrogen-bond acceptors (Lipinski definition) is 15. The van der Waals surface area contributed by atoms with E-state index in [2.05, 4.69) is 210 Å². The molecule has 0 amide bonds. The van der Waals surface area contributed by atoms with Crippen LogP contribution in [-0.2, 0) is 65.4 Å². The second-order valence-corrected chi connectivity index (χ2v) is 30.2. The van der Waals surface area contributed by atoms with Gasteiger partial charge in [0.15, 0.2) is 12.2 Å². The molecule has 5 unspecified atom stereocenters. The van der Waals surface area contributed by atoms with Crippen molar-refractivity contribution in [1.82, 2.24) is 0 Å². The lowest BCUT2D eigenvalue weighted by Gasteiger charge is -2.21. The minimum atomic E-state index is -5.01. The van der Waals surface area contributed by atoms with Gasteiger partial charge in [-0.15, -0.1) is 0 Å². The fourth-order valence-electron chi connectivity index (χ4n) is 10.6. The highest BCUT2D eigenvalue weighted by Gasteiger charge is 2.30. The standard InChI is InChI=1S/C91H148O17P2/c1-5-9-13-17-21-25-29-33-37-41-42-46-48-52-56-60-64-68-72-76-89(94)102-82-87(108-91(96)78-74-70-66-62-58-54-50-45-40-36-32-28-24-20-16-12-8-4)84-106-110(99,100)104-80-85(92)79-103-109(97,98)105-83-86(107-90(95)77-73-69-65-61-57-53-49-44-39-35-31-27-23-19-15-11-7-3)81-101-88(93)75-71-67-63-59-55-51-47-43-38-34-30-26-22-18-14-10-6-2/h10-12,14-16,21-28,33-40,42,46-47,49-51,53-54,85-87,92H,5-9,13,17-20,29-32,41,43-45,48,52,55-84H2,1-4H3,(H,97,98)(H,99,100)/b14-10-,15-11-,16-12-,25-21-,26-22-,27-23-,28-24-,37-33-,38-34-,39-35-,40-36-,46-42-,51-47-,53-49-,54-50-. The number of ether oxygens (including phenoxy) is 4. The average molecular weight is 1580 g/mol. The van der Waals surface area contributed by atoms with Crippen molar-refractivity contribution in [2.45, 2.75) is 329 Å². The number of carbonyl (C=O) groups is 4. The molecule has 0 aromatic carbocycles. The largest absolute Gasteiger partial charge is 0.472 e. The Morgan fingerprint density at radius 2 is 0.473 bits per heavy atom. The summed E-state index contributed by atoms with van der Waals surface area (Å²) >= 11 is 0. The van der Waals surface area contributed by atoms with Crippen molar-refractivity contribution >= 4 is 39.5 Å². The van der Waals surface area contributed by atoms with E-state index in [-0.39, 0.29) is 25.7 Å². The van der Waals surface area contributed by atoms with Crippen LogP contribution in [0.2, 0.25) is 0 Å². The van der Waals surface area contributed by atoms with Crippen molar-refractivity contribution < 1.29 is 80.2 Å². The van der Waals surface area contributed by atoms with E-state index in [9.17, 15) is 43.2 Å². The van der Waals surface area contributed by atoms with Gasteiger partial charge in [-0.05, 0) is 180 Å². The van der Waals surface area contributed by atoms with Crippen LogP contribution in [0.15, 0.2) is 182 Å². The van der Waals surface area contributed by atoms with Crippen molar-refractivity contribution in [3.63, 3.8) is 0 Å². The molecule has 17 nitrogen and oxygen atoms in total. The Balaban J connectivity index is 5.48. The average Bonchev–Trinajstić information content (AvgIpc) is 0.904. The zero-order valence-corrected chi connectivity index (χ0v) is 70.1. The summed E-state index contributed by atoms with van der Waals surface area (Å²) in [5.41, 5.74) is 0. The van der Waals surface area contributed by atoms with E-state index in [0.29, 0.717) is 25.7 Å². The zero-order chi connectivity index (χ0) is 80.3. The van der Waals surface area contributed by atoms with E-state index in [0.717, 1.165) is 212 Å². The fourth-order valence-corrected chi connectivity index (χ4v) is 12.1. The molecular formula is C91H148O17P2. The molecule has 5 atom stereocenters. The maximum absolute atomic E-state index is 13.1. The summed E-state index contributed by atoms with van der Waals surface area (Å²) in [6.45, 7) is 4.41. The summed E-state index contributed by atoms with van der Waals surface area (Å²) in [5, 5.41) is 10.7. The van der Waals surface area contributed by atoms with Crippen LogP contribution >= 0.6 is 15.6 Å². The molecule has 0 fully saturated rings. The van der Waals surface area contributed by atoms with Gasteiger partial charge in [0.05, 0.1) is 26.4 Å². The Morgan fingerprint density at radius 1 is 0.264 bits per heavy atom. The van der Waals surface area contributed by atoms with E-state index in [1.165, 1.54) is 19.3 Å². The number of rotatable bonds is 77. The van der Waals surface area contributed by atoms with Crippen molar-refractivity contribution in [2.75, 3.05) is 39.6 Å². The quantitative estimate of drug-likeness (QED) is 0.0169. The fraction of sp³-hybridized carbons (Fsp3) is 0.626. The number of phosphoric acid groups is 2. The van der Waals surface area contributed by atoms with Crippen LogP contribution in [0, 0.1) is 0 Å². The number of phosphoric ester groups is 2. The Morgan fingerprint density at radius 3 is 0.727 bits per heavy atom. The minimum Gasteiger partial charge on any atom is -0.462 e. The first-order valence-electron chi connectivity index (χ1n) is 42.0. The lowest BCUT2D eigenvalue weighted by atomic mass is 10.1. The van der Waals surface area contributed by atoms with Crippen LogP contribution in [0.4, 0.5) is 0 Å². The van der Waals surface area contributed by atoms with Crippen LogP contribution < -0.4 is 0 Å². The molecule has 0 aromatic rings. The Bertz CT molecular complexity index is 2800. The van der Waals surface area contributed by atoms with Gasteiger partial charge in [-0.1, -0.05) is 287 Å². The molecule has 0 aromatic heterocycles. The highest BCUT2D eigenvalue weighted by molar-refractivity contribution is 7.47. The number of allylic oxidation sites excluding steroid dienone is 30. The van der Waals surface area contributed by atoms with Crippen LogP contribution in [0.5, 0.6) is 0 Å². The third kappa shape index (κ3) is 80.2. The number of hydrogen-bond donors (Lipinski definition) is 3. The van der Waals surface area contributed by atoms with Crippen molar-refractivity contribution in [2.24, 2.45) is 0 Å². The summed E-state index contributed by atoms with van der Waals surface area (Å²) in [6.07, 6.45) is 98.5. The number of carbonyl (C=O) groups excluding carboxylic acids is 4. The third-order valence-corrected chi connectivity index (χ3v) is 18.7. The van der Waals surface area contributed by atoms with Gasteiger partial charge in [-0.3, -0.25) is 37.3 Å². The molecule has 0 rings (SSSR count). The van der Waals surface area contributed by atoms with Crippen LogP contribution in [0.3, 0.4) is 0 Å². The second-order valence-electron chi connectivity index (χ2n) is 27.3. The molecule has 19 heteroatoms. The predicted octanol–water partition coefficient (Wildman–Crippen LogP) is 25.1. The Kier molecular flexibility index (Phi) is 76.9. The predicted molar refractivity (Wildman–Crippen MR) is 454 cm³/mol. The van der Waals surface area contributed by atoms with E-state index in [4.69, 9.17) is 37.0 Å². The van der Waals surface area contributed by atoms with Crippen molar-refractivity contribution in [3.8, 4) is 0 Å². The molecule has 0 saturated carbocycles. The monoisotopic (exact) mass is 1580 g/mol. The van der Waals surface area contributed by atoms with Gasteiger partial charge in [0, 0.05) is 25.7 Å². The highest BCUT2D eigenvalue weighted by Crippen LogP contribution is 2.45. The summed E-state index contributed by atoms with van der Waals surface area (Å²) in [6, 6.07) is 0. The summed E-state index contributed by atoms with van der Waals surface area (Å²) in [4.78, 5) is 73.3. The van der Waals surface area contributed by atoms with Gasteiger partial charge in [0.1, 0.15) is 19.3 Å². The number of unbranched alkanes of at least 4 members (excludes halogenated alkanes) is 21. The molecule has 0 spiro atoms. The molecule has 0 heterocycles. The molecular weight excluding hydrogens is 1430 g/mol. The maximum atomic E-state index is 13.1. The van der Waals surface area contributed by atoms with E-state index in [1.54, 1.807) is 0 Å². The number of aliphatic hydroxyl groups excluding tert-OH is 1. The minimum absolute atomic E-state index is 0.0536. The van der Waals surface area contributed by atoms with Crippen molar-refractivity contribution in [1.29, 1.82) is 0 Å². The van der Waals surface area contributed by atoms with E-state index >= 15 is 0 Å². The molecule has 0 saturated heterocycles. The molecule has 0 radical (unpaired) electrons. The summed E-state index contributed by atoms with van der Waals surface area (Å²) < 4.78 is 68.7. The maximum Gasteiger partial charge on any atom is 0.472 e. The molecule has 0 bridgehead atoms. The van der Waals surface area contributed by atoms with Gasteiger partial charge >= 0.3 is 39.5 Å². The topological polar surface area (TPSA) is 237 Å². The van der Waals surface area contributed by atoms with E-state index in [1.807, 2.05) is 0 Å². The summed E-state index contributed by atoms with van der Waals surface area (Å²) in [5.74, 6) is -2.28. The lowest BCUT2D eigenvalue weighted by molar-refractivity contribution is -0.161. The zero-order valence-electron chi connectivity index (χ0n) is 68.4. The first kappa shape index (κ1) is 104. The molecule has 110 heavy (non-hydrogen) atoms. The third-order valence-electron chi connectivity index (χ3n) is 16.8. The van der Waals surface area contributed by atoms with Gasteiger partial charge < -0.3 is 33.8 Å². The molecule has 0 aliphatic rings. The lowest BCUT2D eigenvalue weighted by Crippen LogP contribution is -2.30. The smallest absolute Gasteiger partial charge is 0.462 e. The molecule has 0 aliphatic heterocycles. The highest BCUT2D eigenvalue weighted by atomic mass is 31.2. The van der Waals surface area contributed by atoms with Crippen LogP contribution in [0.1, 0.15) is 310 Å².